The SMILES string of the molecule is CCn1nc(C)cc1C(N)c1c(C)cc(C)cc1F. The van der Waals surface area contributed by atoms with E-state index in [0.717, 1.165) is 29.1 Å². The summed E-state index contributed by atoms with van der Waals surface area (Å²) in [6.45, 7) is 8.42. The van der Waals surface area contributed by atoms with Crippen molar-refractivity contribution in [2.45, 2.75) is 40.3 Å². The summed E-state index contributed by atoms with van der Waals surface area (Å²) < 4.78 is 16.0. The Morgan fingerprint density at radius 3 is 2.53 bits per heavy atom. The summed E-state index contributed by atoms with van der Waals surface area (Å²) >= 11 is 0. The number of aromatic nitrogens is 2. The quantitative estimate of drug-likeness (QED) is 0.923. The van der Waals surface area contributed by atoms with Gasteiger partial charge in [-0.15, -0.1) is 0 Å². The van der Waals surface area contributed by atoms with E-state index in [9.17, 15) is 4.39 Å². The Morgan fingerprint density at radius 1 is 1.26 bits per heavy atom. The minimum Gasteiger partial charge on any atom is -0.319 e. The lowest BCUT2D eigenvalue weighted by Crippen LogP contribution is -2.19. The summed E-state index contributed by atoms with van der Waals surface area (Å²) in [6.07, 6.45) is 0. The second-order valence-corrected chi connectivity index (χ2v) is 4.98. The van der Waals surface area contributed by atoms with E-state index >= 15 is 0 Å². The molecule has 0 aliphatic carbocycles. The van der Waals surface area contributed by atoms with Crippen LogP contribution in [0.5, 0.6) is 0 Å². The van der Waals surface area contributed by atoms with Gasteiger partial charge in [-0.2, -0.15) is 5.10 Å². The zero-order valence-corrected chi connectivity index (χ0v) is 11.9. The fourth-order valence-corrected chi connectivity index (χ4v) is 2.54. The van der Waals surface area contributed by atoms with Crippen LogP contribution in [0.2, 0.25) is 0 Å². The smallest absolute Gasteiger partial charge is 0.128 e. The van der Waals surface area contributed by atoms with Gasteiger partial charge in [0.25, 0.3) is 0 Å². The molecule has 1 aromatic carbocycles. The van der Waals surface area contributed by atoms with Gasteiger partial charge in [-0.1, -0.05) is 6.07 Å². The van der Waals surface area contributed by atoms with Gasteiger partial charge in [0.1, 0.15) is 5.82 Å². The number of benzene rings is 1. The topological polar surface area (TPSA) is 43.8 Å². The Kier molecular flexibility index (Phi) is 3.71. The van der Waals surface area contributed by atoms with Gasteiger partial charge in [-0.05, 0) is 51.0 Å². The van der Waals surface area contributed by atoms with Crippen molar-refractivity contribution in [3.05, 3.63) is 52.1 Å². The number of nitrogens with two attached hydrogens (primary N) is 1. The van der Waals surface area contributed by atoms with Gasteiger partial charge in [0.15, 0.2) is 0 Å². The van der Waals surface area contributed by atoms with Crippen LogP contribution >= 0.6 is 0 Å². The predicted molar refractivity (Wildman–Crippen MR) is 74.5 cm³/mol. The van der Waals surface area contributed by atoms with Gasteiger partial charge in [0.2, 0.25) is 0 Å². The van der Waals surface area contributed by atoms with Crippen molar-refractivity contribution in [3.63, 3.8) is 0 Å². The first-order valence-corrected chi connectivity index (χ1v) is 6.50. The molecule has 2 rings (SSSR count). The van der Waals surface area contributed by atoms with Crippen molar-refractivity contribution in [2.24, 2.45) is 5.73 Å². The maximum Gasteiger partial charge on any atom is 0.128 e. The molecule has 1 atom stereocenters. The van der Waals surface area contributed by atoms with E-state index in [0.29, 0.717) is 5.56 Å². The maximum atomic E-state index is 14.2. The number of hydrogen-bond donors (Lipinski definition) is 1. The van der Waals surface area contributed by atoms with Crippen molar-refractivity contribution in [1.29, 1.82) is 0 Å². The van der Waals surface area contributed by atoms with Gasteiger partial charge in [-0.25, -0.2) is 4.39 Å². The fourth-order valence-electron chi connectivity index (χ4n) is 2.54. The van der Waals surface area contributed by atoms with Crippen molar-refractivity contribution in [2.75, 3.05) is 0 Å². The molecule has 0 bridgehead atoms. The molecule has 0 saturated carbocycles. The third-order valence-corrected chi connectivity index (χ3v) is 3.34. The number of halogens is 1. The Labute approximate surface area is 113 Å². The van der Waals surface area contributed by atoms with E-state index in [2.05, 4.69) is 5.10 Å². The van der Waals surface area contributed by atoms with Gasteiger partial charge < -0.3 is 5.73 Å². The van der Waals surface area contributed by atoms with Crippen LogP contribution in [-0.4, -0.2) is 9.78 Å². The summed E-state index contributed by atoms with van der Waals surface area (Å²) in [5.41, 5.74) is 10.4. The van der Waals surface area contributed by atoms with Crippen molar-refractivity contribution < 1.29 is 4.39 Å². The second kappa shape index (κ2) is 5.13. The first-order valence-electron chi connectivity index (χ1n) is 6.50. The monoisotopic (exact) mass is 261 g/mol. The van der Waals surface area contributed by atoms with E-state index in [-0.39, 0.29) is 5.82 Å². The van der Waals surface area contributed by atoms with E-state index in [1.165, 1.54) is 6.07 Å². The van der Waals surface area contributed by atoms with Crippen molar-refractivity contribution >= 4 is 0 Å². The molecule has 19 heavy (non-hydrogen) atoms. The standard InChI is InChI=1S/C15H20FN3/c1-5-19-13(8-11(4)18-19)15(17)14-10(3)6-9(2)7-12(14)16/h6-8,15H,5,17H2,1-4H3. The molecule has 2 N–H and O–H groups in total. The molecule has 0 radical (unpaired) electrons. The molecule has 3 nitrogen and oxygen atoms in total. The summed E-state index contributed by atoms with van der Waals surface area (Å²) in [6, 6.07) is 4.92. The molecule has 102 valence electrons. The lowest BCUT2D eigenvalue weighted by Gasteiger charge is -2.17. The Bertz CT molecular complexity index is 578. The average molecular weight is 261 g/mol. The van der Waals surface area contributed by atoms with Crippen LogP contribution in [0.15, 0.2) is 18.2 Å². The Morgan fingerprint density at radius 2 is 1.95 bits per heavy atom. The van der Waals surface area contributed by atoms with E-state index in [1.807, 2.05) is 44.5 Å². The number of hydrogen-bond acceptors (Lipinski definition) is 2. The van der Waals surface area contributed by atoms with Gasteiger partial charge in [0, 0.05) is 12.1 Å². The molecule has 1 aromatic heterocycles. The van der Waals surface area contributed by atoms with E-state index < -0.39 is 6.04 Å². The summed E-state index contributed by atoms with van der Waals surface area (Å²) in [5, 5.41) is 4.37. The Hall–Kier alpha value is -1.68. The molecule has 1 unspecified atom stereocenters. The minimum atomic E-state index is -0.484. The number of nitrogens with zero attached hydrogens (tertiary/aromatic N) is 2. The summed E-state index contributed by atoms with van der Waals surface area (Å²) in [7, 11) is 0. The molecule has 0 amide bonds. The van der Waals surface area contributed by atoms with Crippen LogP contribution in [0.25, 0.3) is 0 Å². The average Bonchev–Trinajstić information content (AvgIpc) is 2.69. The van der Waals surface area contributed by atoms with Crippen LogP contribution in [0.4, 0.5) is 4.39 Å². The van der Waals surface area contributed by atoms with E-state index in [4.69, 9.17) is 5.73 Å². The molecule has 0 spiro atoms. The lowest BCUT2D eigenvalue weighted by molar-refractivity contribution is 0.564. The predicted octanol–water partition coefficient (Wildman–Crippen LogP) is 3.02. The third kappa shape index (κ3) is 2.54. The van der Waals surface area contributed by atoms with Gasteiger partial charge in [0.05, 0.1) is 17.4 Å². The highest BCUT2D eigenvalue weighted by atomic mass is 19.1. The highest BCUT2D eigenvalue weighted by molar-refractivity contribution is 5.38. The zero-order chi connectivity index (χ0) is 14.2. The molecule has 0 aliphatic heterocycles. The third-order valence-electron chi connectivity index (χ3n) is 3.34. The minimum absolute atomic E-state index is 0.244. The molecular formula is C15H20FN3. The van der Waals surface area contributed by atoms with Crippen LogP contribution in [0.1, 0.15) is 41.0 Å². The molecule has 1 heterocycles. The van der Waals surface area contributed by atoms with E-state index in [1.54, 1.807) is 0 Å². The molecular weight excluding hydrogens is 241 g/mol. The number of rotatable bonds is 3. The van der Waals surface area contributed by atoms with Crippen LogP contribution in [0.3, 0.4) is 0 Å². The molecule has 0 saturated heterocycles. The Balaban J connectivity index is 2.52. The normalized spacial score (nSPS) is 12.7. The van der Waals surface area contributed by atoms with Gasteiger partial charge >= 0.3 is 0 Å². The maximum absolute atomic E-state index is 14.2. The van der Waals surface area contributed by atoms with Gasteiger partial charge in [-0.3, -0.25) is 4.68 Å². The molecule has 0 fully saturated rings. The number of aryl methyl sites for hydroxylation is 4. The van der Waals surface area contributed by atoms with Crippen LogP contribution in [0, 0.1) is 26.6 Å². The second-order valence-electron chi connectivity index (χ2n) is 4.98. The van der Waals surface area contributed by atoms with Crippen LogP contribution in [-0.2, 0) is 6.54 Å². The lowest BCUT2D eigenvalue weighted by atomic mass is 9.96. The first-order chi connectivity index (χ1) is 8.93. The molecule has 2 aromatic rings. The molecule has 4 heteroatoms. The summed E-state index contributed by atoms with van der Waals surface area (Å²) in [4.78, 5) is 0. The molecule has 0 aliphatic rings. The zero-order valence-electron chi connectivity index (χ0n) is 11.9. The van der Waals surface area contributed by atoms with Crippen LogP contribution < -0.4 is 5.73 Å². The largest absolute Gasteiger partial charge is 0.319 e. The van der Waals surface area contributed by atoms with Crippen molar-refractivity contribution in [1.82, 2.24) is 9.78 Å². The van der Waals surface area contributed by atoms with Crippen molar-refractivity contribution in [3.8, 4) is 0 Å². The highest BCUT2D eigenvalue weighted by Crippen LogP contribution is 2.27. The first kappa shape index (κ1) is 13.7. The summed E-state index contributed by atoms with van der Waals surface area (Å²) in [5.74, 6) is -0.244. The highest BCUT2D eigenvalue weighted by Gasteiger charge is 2.20. The fraction of sp³-hybridized carbons (Fsp3) is 0.400.